The molecular weight excluding hydrogens is 312 g/mol. The molecule has 6 nitrogen and oxygen atoms in total. The summed E-state index contributed by atoms with van der Waals surface area (Å²) in [5.41, 5.74) is 5.58. The molecule has 1 heterocycles. The van der Waals surface area contributed by atoms with Crippen molar-refractivity contribution in [3.8, 4) is 11.5 Å². The summed E-state index contributed by atoms with van der Waals surface area (Å²) in [7, 11) is -3.71. The molecule has 0 saturated heterocycles. The van der Waals surface area contributed by atoms with Crippen molar-refractivity contribution in [3.05, 3.63) is 18.2 Å². The van der Waals surface area contributed by atoms with Crippen LogP contribution in [0.1, 0.15) is 19.8 Å². The predicted molar refractivity (Wildman–Crippen MR) is 83.2 cm³/mol. The van der Waals surface area contributed by atoms with Crippen LogP contribution in [0, 0.1) is 0 Å². The van der Waals surface area contributed by atoms with Gasteiger partial charge in [0.25, 0.3) is 0 Å². The van der Waals surface area contributed by atoms with Crippen LogP contribution in [0.25, 0.3) is 0 Å². The van der Waals surface area contributed by atoms with Gasteiger partial charge < -0.3 is 15.2 Å². The van der Waals surface area contributed by atoms with Crippen molar-refractivity contribution < 1.29 is 17.9 Å². The van der Waals surface area contributed by atoms with E-state index in [-0.39, 0.29) is 9.88 Å². The van der Waals surface area contributed by atoms with Crippen LogP contribution in [0.2, 0.25) is 0 Å². The summed E-state index contributed by atoms with van der Waals surface area (Å²) in [5, 5.41) is 0. The Hall–Kier alpha value is -1.38. The minimum Gasteiger partial charge on any atom is -0.486 e. The van der Waals surface area contributed by atoms with E-state index >= 15 is 0 Å². The number of hydrogen-bond acceptors (Lipinski definition) is 5. The molecule has 2 rings (SSSR count). The highest BCUT2D eigenvalue weighted by Gasteiger charge is 2.23. The Bertz CT molecular complexity index is 631. The normalized spacial score (nSPS) is 15.5. The van der Waals surface area contributed by atoms with E-state index in [0.717, 1.165) is 6.42 Å². The zero-order chi connectivity index (χ0) is 15.5. The summed E-state index contributed by atoms with van der Waals surface area (Å²) in [6.45, 7) is 2.79. The SMILES string of the molecule is CCCC(NS(=O)(=O)c1ccc2c(c1)OCCO2)C(N)=S. The lowest BCUT2D eigenvalue weighted by atomic mass is 10.2. The monoisotopic (exact) mass is 330 g/mol. The van der Waals surface area contributed by atoms with E-state index in [0.29, 0.717) is 31.1 Å². The molecule has 1 unspecified atom stereocenters. The lowest BCUT2D eigenvalue weighted by Crippen LogP contribution is -2.43. The van der Waals surface area contributed by atoms with Gasteiger partial charge in [0.05, 0.1) is 15.9 Å². The van der Waals surface area contributed by atoms with Gasteiger partial charge >= 0.3 is 0 Å². The summed E-state index contributed by atoms with van der Waals surface area (Å²) in [5.74, 6) is 0.964. The Morgan fingerprint density at radius 2 is 2.05 bits per heavy atom. The van der Waals surface area contributed by atoms with Crippen molar-refractivity contribution in [2.45, 2.75) is 30.7 Å². The van der Waals surface area contributed by atoms with Crippen LogP contribution >= 0.6 is 12.2 Å². The van der Waals surface area contributed by atoms with Crippen molar-refractivity contribution in [2.24, 2.45) is 5.73 Å². The number of nitrogens with two attached hydrogens (primary N) is 1. The molecule has 1 atom stereocenters. The summed E-state index contributed by atoms with van der Waals surface area (Å²) in [6, 6.07) is 3.94. The van der Waals surface area contributed by atoms with Gasteiger partial charge in [0.2, 0.25) is 10.0 Å². The Morgan fingerprint density at radius 1 is 1.38 bits per heavy atom. The zero-order valence-electron chi connectivity index (χ0n) is 11.7. The van der Waals surface area contributed by atoms with Crippen LogP contribution in [-0.2, 0) is 10.0 Å². The first kappa shape index (κ1) is 16.0. The third-order valence-corrected chi connectivity index (χ3v) is 4.80. The fourth-order valence-electron chi connectivity index (χ4n) is 1.99. The second-order valence-corrected chi connectivity index (χ2v) is 6.86. The summed E-state index contributed by atoms with van der Waals surface area (Å²) in [4.78, 5) is 0.238. The molecule has 0 bridgehead atoms. The standard InChI is InChI=1S/C13H18N2O4S2/c1-2-3-10(13(14)20)15-21(16,17)9-4-5-11-12(8-9)19-7-6-18-11/h4-5,8,10,15H,2-3,6-7H2,1H3,(H2,14,20). The number of benzene rings is 1. The maximum Gasteiger partial charge on any atom is 0.241 e. The van der Waals surface area contributed by atoms with Crippen molar-refractivity contribution >= 4 is 27.2 Å². The van der Waals surface area contributed by atoms with Crippen LogP contribution in [0.15, 0.2) is 23.1 Å². The predicted octanol–water partition coefficient (Wildman–Crippen LogP) is 1.19. The Morgan fingerprint density at radius 3 is 2.67 bits per heavy atom. The third kappa shape index (κ3) is 3.84. The lowest BCUT2D eigenvalue weighted by Gasteiger charge is -2.20. The topological polar surface area (TPSA) is 90.7 Å². The second kappa shape index (κ2) is 6.59. The molecular formula is C13H18N2O4S2. The number of ether oxygens (including phenoxy) is 2. The molecule has 21 heavy (non-hydrogen) atoms. The molecule has 0 fully saturated rings. The molecule has 0 spiro atoms. The second-order valence-electron chi connectivity index (χ2n) is 4.67. The number of fused-ring (bicyclic) bond motifs is 1. The minimum absolute atomic E-state index is 0.101. The fourth-order valence-corrected chi connectivity index (χ4v) is 3.51. The maximum absolute atomic E-state index is 12.4. The molecule has 1 aromatic carbocycles. The van der Waals surface area contributed by atoms with Gasteiger partial charge in [-0.05, 0) is 18.6 Å². The molecule has 1 aromatic rings. The summed E-state index contributed by atoms with van der Waals surface area (Å²) < 4.78 is 38.1. The van der Waals surface area contributed by atoms with Gasteiger partial charge in [0.15, 0.2) is 11.5 Å². The number of rotatable bonds is 6. The average Bonchev–Trinajstić information content (AvgIpc) is 2.46. The largest absolute Gasteiger partial charge is 0.486 e. The van der Waals surface area contributed by atoms with E-state index < -0.39 is 16.1 Å². The van der Waals surface area contributed by atoms with Gasteiger partial charge in [0, 0.05) is 6.07 Å². The molecule has 0 saturated carbocycles. The van der Waals surface area contributed by atoms with Gasteiger partial charge in [-0.2, -0.15) is 0 Å². The first-order chi connectivity index (χ1) is 9.94. The van der Waals surface area contributed by atoms with Crippen molar-refractivity contribution in [1.29, 1.82) is 0 Å². The first-order valence-corrected chi connectivity index (χ1v) is 8.54. The molecule has 8 heteroatoms. The number of thiocarbonyl (C=S) groups is 1. The highest BCUT2D eigenvalue weighted by atomic mass is 32.2. The average molecular weight is 330 g/mol. The smallest absolute Gasteiger partial charge is 0.241 e. The minimum atomic E-state index is -3.71. The fraction of sp³-hybridized carbons (Fsp3) is 0.462. The molecule has 0 aliphatic carbocycles. The summed E-state index contributed by atoms with van der Waals surface area (Å²) in [6.07, 6.45) is 1.32. The van der Waals surface area contributed by atoms with Crippen molar-refractivity contribution in [2.75, 3.05) is 13.2 Å². The molecule has 3 N–H and O–H groups in total. The Balaban J connectivity index is 2.24. The van der Waals surface area contributed by atoms with Crippen LogP contribution in [-0.4, -0.2) is 32.7 Å². The number of sulfonamides is 1. The zero-order valence-corrected chi connectivity index (χ0v) is 13.3. The van der Waals surface area contributed by atoms with E-state index in [1.807, 2.05) is 6.92 Å². The van der Waals surface area contributed by atoms with E-state index in [9.17, 15) is 8.42 Å². The highest BCUT2D eigenvalue weighted by Crippen LogP contribution is 2.32. The molecule has 116 valence electrons. The van der Waals surface area contributed by atoms with Gasteiger partial charge in [-0.1, -0.05) is 25.6 Å². The van der Waals surface area contributed by atoms with E-state index in [1.165, 1.54) is 12.1 Å². The Labute approximate surface area is 129 Å². The first-order valence-electron chi connectivity index (χ1n) is 6.65. The molecule has 0 radical (unpaired) electrons. The Kier molecular flexibility index (Phi) is 5.02. The van der Waals surface area contributed by atoms with E-state index in [1.54, 1.807) is 6.07 Å². The van der Waals surface area contributed by atoms with Crippen LogP contribution < -0.4 is 19.9 Å². The molecule has 1 aliphatic rings. The highest BCUT2D eigenvalue weighted by molar-refractivity contribution is 7.89. The van der Waals surface area contributed by atoms with Gasteiger partial charge in [0.1, 0.15) is 13.2 Å². The van der Waals surface area contributed by atoms with E-state index in [2.05, 4.69) is 4.72 Å². The van der Waals surface area contributed by atoms with Crippen molar-refractivity contribution in [3.63, 3.8) is 0 Å². The lowest BCUT2D eigenvalue weighted by molar-refractivity contribution is 0.171. The van der Waals surface area contributed by atoms with Gasteiger partial charge in [-0.25, -0.2) is 13.1 Å². The quantitative estimate of drug-likeness (QED) is 0.762. The van der Waals surface area contributed by atoms with Crippen molar-refractivity contribution in [1.82, 2.24) is 4.72 Å². The van der Waals surface area contributed by atoms with E-state index in [4.69, 9.17) is 27.4 Å². The molecule has 0 amide bonds. The van der Waals surface area contributed by atoms with Gasteiger partial charge in [-0.3, -0.25) is 0 Å². The van der Waals surface area contributed by atoms with Crippen LogP contribution in [0.4, 0.5) is 0 Å². The van der Waals surface area contributed by atoms with Gasteiger partial charge in [-0.15, -0.1) is 0 Å². The third-order valence-electron chi connectivity index (χ3n) is 3.04. The summed E-state index contributed by atoms with van der Waals surface area (Å²) >= 11 is 4.90. The maximum atomic E-state index is 12.4. The number of hydrogen-bond donors (Lipinski definition) is 2. The van der Waals surface area contributed by atoms with Crippen LogP contribution in [0.3, 0.4) is 0 Å². The molecule has 0 aromatic heterocycles. The molecule has 1 aliphatic heterocycles. The van der Waals surface area contributed by atoms with Crippen LogP contribution in [0.5, 0.6) is 11.5 Å². The number of nitrogens with one attached hydrogen (secondary N) is 1.